The van der Waals surface area contributed by atoms with E-state index in [4.69, 9.17) is 0 Å². The Morgan fingerprint density at radius 1 is 1.17 bits per heavy atom. The average Bonchev–Trinajstić information content (AvgIpc) is 3.26. The molecule has 2 N–H and O–H groups in total. The SMILES string of the molecule is O=C(Nc1ccncn1)c1nc(-n2ccnc2)nc2cc[nH]c12. The van der Waals surface area contributed by atoms with Gasteiger partial charge in [0.05, 0.1) is 11.0 Å². The summed E-state index contributed by atoms with van der Waals surface area (Å²) in [6, 6.07) is 3.38. The zero-order valence-corrected chi connectivity index (χ0v) is 11.7. The maximum atomic E-state index is 12.5. The van der Waals surface area contributed by atoms with Crippen LogP contribution in [-0.2, 0) is 0 Å². The van der Waals surface area contributed by atoms with E-state index < -0.39 is 0 Å². The molecule has 0 saturated heterocycles. The normalized spacial score (nSPS) is 10.8. The lowest BCUT2D eigenvalue weighted by Crippen LogP contribution is -2.17. The van der Waals surface area contributed by atoms with Gasteiger partial charge < -0.3 is 10.3 Å². The summed E-state index contributed by atoms with van der Waals surface area (Å²) in [6.45, 7) is 0. The van der Waals surface area contributed by atoms with Gasteiger partial charge >= 0.3 is 0 Å². The first-order valence-electron chi connectivity index (χ1n) is 6.72. The predicted molar refractivity (Wildman–Crippen MR) is 81.0 cm³/mol. The Hall–Kier alpha value is -3.62. The van der Waals surface area contributed by atoms with Crippen LogP contribution in [0.3, 0.4) is 0 Å². The smallest absolute Gasteiger partial charge is 0.277 e. The van der Waals surface area contributed by atoms with Gasteiger partial charge in [-0.05, 0) is 12.1 Å². The van der Waals surface area contributed by atoms with Gasteiger partial charge in [-0.1, -0.05) is 0 Å². The molecule has 0 aliphatic rings. The van der Waals surface area contributed by atoms with E-state index in [-0.39, 0.29) is 11.6 Å². The molecule has 4 rings (SSSR count). The van der Waals surface area contributed by atoms with Crippen molar-refractivity contribution >= 4 is 22.8 Å². The van der Waals surface area contributed by atoms with Crippen molar-refractivity contribution in [3.8, 4) is 5.95 Å². The van der Waals surface area contributed by atoms with E-state index in [1.807, 2.05) is 0 Å². The lowest BCUT2D eigenvalue weighted by molar-refractivity contribution is 0.102. The first kappa shape index (κ1) is 13.1. The summed E-state index contributed by atoms with van der Waals surface area (Å²) < 4.78 is 1.63. The number of anilines is 1. The first-order chi connectivity index (χ1) is 11.3. The van der Waals surface area contributed by atoms with Crippen LogP contribution >= 0.6 is 0 Å². The third-order valence-corrected chi connectivity index (χ3v) is 3.17. The molecule has 0 unspecified atom stereocenters. The Morgan fingerprint density at radius 2 is 2.13 bits per heavy atom. The Morgan fingerprint density at radius 3 is 2.91 bits per heavy atom. The molecule has 0 bridgehead atoms. The minimum absolute atomic E-state index is 0.224. The van der Waals surface area contributed by atoms with Gasteiger partial charge in [-0.3, -0.25) is 9.36 Å². The second-order valence-electron chi connectivity index (χ2n) is 4.63. The number of nitrogens with one attached hydrogen (secondary N) is 2. The Bertz CT molecular complexity index is 961. The highest BCUT2D eigenvalue weighted by Gasteiger charge is 2.17. The van der Waals surface area contributed by atoms with Crippen molar-refractivity contribution < 1.29 is 4.79 Å². The Kier molecular flexibility index (Phi) is 3.01. The summed E-state index contributed by atoms with van der Waals surface area (Å²) in [6.07, 6.45) is 9.50. The molecular formula is C14H10N8O. The fourth-order valence-corrected chi connectivity index (χ4v) is 2.13. The van der Waals surface area contributed by atoms with E-state index >= 15 is 0 Å². The minimum atomic E-state index is -0.389. The van der Waals surface area contributed by atoms with Crippen LogP contribution in [0.4, 0.5) is 5.82 Å². The molecule has 0 aliphatic heterocycles. The van der Waals surface area contributed by atoms with Crippen molar-refractivity contribution in [1.82, 2.24) is 34.5 Å². The van der Waals surface area contributed by atoms with Crippen LogP contribution < -0.4 is 5.32 Å². The number of aromatic nitrogens is 7. The van der Waals surface area contributed by atoms with Crippen molar-refractivity contribution in [2.24, 2.45) is 0 Å². The van der Waals surface area contributed by atoms with Crippen LogP contribution in [0, 0.1) is 0 Å². The van der Waals surface area contributed by atoms with Gasteiger partial charge in [-0.25, -0.2) is 24.9 Å². The predicted octanol–water partition coefficient (Wildman–Crippen LogP) is 1.19. The molecule has 4 heterocycles. The summed E-state index contributed by atoms with van der Waals surface area (Å²) in [5.41, 5.74) is 1.42. The highest BCUT2D eigenvalue weighted by Crippen LogP contribution is 2.17. The van der Waals surface area contributed by atoms with E-state index in [2.05, 4.69) is 35.2 Å². The molecule has 0 atom stereocenters. The van der Waals surface area contributed by atoms with Crippen LogP contribution in [-0.4, -0.2) is 40.4 Å². The molecule has 0 fully saturated rings. The van der Waals surface area contributed by atoms with Gasteiger partial charge in [0.15, 0.2) is 5.69 Å². The summed E-state index contributed by atoms with van der Waals surface area (Å²) in [7, 11) is 0. The molecule has 0 aliphatic carbocycles. The summed E-state index contributed by atoms with van der Waals surface area (Å²) >= 11 is 0. The third-order valence-electron chi connectivity index (χ3n) is 3.17. The largest absolute Gasteiger partial charge is 0.358 e. The van der Waals surface area contributed by atoms with Crippen molar-refractivity contribution in [2.75, 3.05) is 5.32 Å². The molecule has 4 aromatic rings. The lowest BCUT2D eigenvalue weighted by atomic mass is 10.3. The summed E-state index contributed by atoms with van der Waals surface area (Å²) in [5.74, 6) is 0.370. The number of imidazole rings is 1. The van der Waals surface area contributed by atoms with Crippen LogP contribution in [0.15, 0.2) is 49.6 Å². The zero-order valence-electron chi connectivity index (χ0n) is 11.7. The van der Waals surface area contributed by atoms with Gasteiger partial charge in [0.1, 0.15) is 18.5 Å². The minimum Gasteiger partial charge on any atom is -0.358 e. The maximum absolute atomic E-state index is 12.5. The molecule has 9 heteroatoms. The summed E-state index contributed by atoms with van der Waals surface area (Å²) in [5, 5.41) is 2.69. The Labute approximate surface area is 129 Å². The summed E-state index contributed by atoms with van der Waals surface area (Å²) in [4.78, 5) is 36.0. The molecule has 1 amide bonds. The number of hydrogen-bond acceptors (Lipinski definition) is 6. The van der Waals surface area contributed by atoms with E-state index in [9.17, 15) is 4.79 Å². The van der Waals surface area contributed by atoms with E-state index in [1.54, 1.807) is 47.8 Å². The molecule has 23 heavy (non-hydrogen) atoms. The number of aromatic amines is 1. The second-order valence-corrected chi connectivity index (χ2v) is 4.63. The highest BCUT2D eigenvalue weighted by atomic mass is 16.2. The number of rotatable bonds is 3. The molecule has 4 aromatic heterocycles. The van der Waals surface area contributed by atoms with Crippen molar-refractivity contribution in [1.29, 1.82) is 0 Å². The third kappa shape index (κ3) is 2.39. The van der Waals surface area contributed by atoms with E-state index in [0.717, 1.165) is 0 Å². The van der Waals surface area contributed by atoms with Gasteiger partial charge in [0, 0.05) is 24.8 Å². The van der Waals surface area contributed by atoms with Crippen molar-refractivity contribution in [3.63, 3.8) is 0 Å². The van der Waals surface area contributed by atoms with Crippen LogP contribution in [0.5, 0.6) is 0 Å². The zero-order chi connectivity index (χ0) is 15.6. The van der Waals surface area contributed by atoms with E-state index in [0.29, 0.717) is 22.8 Å². The van der Waals surface area contributed by atoms with Crippen LogP contribution in [0.1, 0.15) is 10.5 Å². The number of H-pyrrole nitrogens is 1. The topological polar surface area (TPSA) is 114 Å². The van der Waals surface area contributed by atoms with Crippen molar-refractivity contribution in [3.05, 3.63) is 55.3 Å². The van der Waals surface area contributed by atoms with Crippen LogP contribution in [0.2, 0.25) is 0 Å². The first-order valence-corrected chi connectivity index (χ1v) is 6.72. The maximum Gasteiger partial charge on any atom is 0.277 e. The molecule has 0 radical (unpaired) electrons. The number of carbonyl (C=O) groups excluding carboxylic acids is 1. The molecular weight excluding hydrogens is 296 g/mol. The van der Waals surface area contributed by atoms with Crippen LogP contribution in [0.25, 0.3) is 17.0 Å². The lowest BCUT2D eigenvalue weighted by Gasteiger charge is -2.07. The highest BCUT2D eigenvalue weighted by molar-refractivity contribution is 6.09. The van der Waals surface area contributed by atoms with E-state index in [1.165, 1.54) is 6.33 Å². The fraction of sp³-hybridized carbons (Fsp3) is 0. The number of fused-ring (bicyclic) bond motifs is 1. The second kappa shape index (κ2) is 5.30. The van der Waals surface area contributed by atoms with Gasteiger partial charge in [0.25, 0.3) is 5.91 Å². The number of nitrogens with zero attached hydrogens (tertiary/aromatic N) is 6. The van der Waals surface area contributed by atoms with Gasteiger partial charge in [-0.15, -0.1) is 0 Å². The average molecular weight is 306 g/mol. The molecule has 0 saturated carbocycles. The number of amides is 1. The number of hydrogen-bond donors (Lipinski definition) is 2. The fourth-order valence-electron chi connectivity index (χ4n) is 2.13. The molecule has 0 spiro atoms. The Balaban J connectivity index is 1.79. The molecule has 9 nitrogen and oxygen atoms in total. The quantitative estimate of drug-likeness (QED) is 0.587. The van der Waals surface area contributed by atoms with Gasteiger partial charge in [-0.2, -0.15) is 0 Å². The standard InChI is InChI=1S/C14H10N8O/c23-13(20-10-2-3-15-7-18-10)12-11-9(1-4-17-11)19-14(21-12)22-6-5-16-8-22/h1-8,17H,(H,15,18,20,23). The van der Waals surface area contributed by atoms with Crippen molar-refractivity contribution in [2.45, 2.75) is 0 Å². The monoisotopic (exact) mass is 306 g/mol. The molecule has 112 valence electrons. The van der Waals surface area contributed by atoms with Gasteiger partial charge in [0.2, 0.25) is 5.95 Å². The molecule has 0 aromatic carbocycles. The number of carbonyl (C=O) groups is 1.